The summed E-state index contributed by atoms with van der Waals surface area (Å²) >= 11 is 0. The molecule has 1 fully saturated rings. The largest absolute Gasteiger partial charge is 0.494 e. The number of nitrogens with one attached hydrogen (secondary N) is 1. The van der Waals surface area contributed by atoms with Crippen molar-refractivity contribution in [3.8, 4) is 5.75 Å². The molecule has 94 valence electrons. The minimum Gasteiger partial charge on any atom is -0.494 e. The Hall–Kier alpha value is -1.18. The molecule has 0 spiro atoms. The molecule has 2 nitrogen and oxygen atoms in total. The van der Waals surface area contributed by atoms with Gasteiger partial charge in [0, 0.05) is 11.7 Å². The van der Waals surface area contributed by atoms with Crippen LogP contribution in [0.3, 0.4) is 0 Å². The van der Waals surface area contributed by atoms with Gasteiger partial charge in [-0.15, -0.1) is 0 Å². The van der Waals surface area contributed by atoms with Gasteiger partial charge in [0.1, 0.15) is 5.75 Å². The fourth-order valence-electron chi connectivity index (χ4n) is 2.65. The molecule has 1 atom stereocenters. The highest BCUT2D eigenvalue weighted by Gasteiger charge is 2.21. The zero-order valence-electron chi connectivity index (χ0n) is 10.9. The normalized spacial score (nSPS) is 18.0. The van der Waals surface area contributed by atoms with E-state index in [1.165, 1.54) is 31.4 Å². The van der Waals surface area contributed by atoms with E-state index in [9.17, 15) is 0 Å². The SMILES string of the molecule is CCOc1ccc(NC(C)C2CCCC2)cc1. The lowest BCUT2D eigenvalue weighted by Crippen LogP contribution is -2.23. The van der Waals surface area contributed by atoms with Gasteiger partial charge in [0.25, 0.3) is 0 Å². The Balaban J connectivity index is 1.89. The molecule has 1 N–H and O–H groups in total. The highest BCUT2D eigenvalue weighted by molar-refractivity contribution is 5.47. The first kappa shape index (κ1) is 12.3. The van der Waals surface area contributed by atoms with Crippen LogP contribution in [0.5, 0.6) is 5.75 Å². The lowest BCUT2D eigenvalue weighted by atomic mass is 9.99. The highest BCUT2D eigenvalue weighted by atomic mass is 16.5. The average Bonchev–Trinajstić information content (AvgIpc) is 2.86. The zero-order chi connectivity index (χ0) is 12.1. The van der Waals surface area contributed by atoms with Crippen LogP contribution in [0.4, 0.5) is 5.69 Å². The van der Waals surface area contributed by atoms with Gasteiger partial charge in [0.2, 0.25) is 0 Å². The van der Waals surface area contributed by atoms with Crippen LogP contribution in [0.2, 0.25) is 0 Å². The summed E-state index contributed by atoms with van der Waals surface area (Å²) in [4.78, 5) is 0. The van der Waals surface area contributed by atoms with Gasteiger partial charge in [-0.25, -0.2) is 0 Å². The molecule has 2 rings (SSSR count). The summed E-state index contributed by atoms with van der Waals surface area (Å²) in [6, 6.07) is 8.86. The monoisotopic (exact) mass is 233 g/mol. The van der Waals surface area contributed by atoms with E-state index in [0.29, 0.717) is 6.04 Å². The maximum atomic E-state index is 5.44. The Morgan fingerprint density at radius 3 is 2.47 bits per heavy atom. The van der Waals surface area contributed by atoms with Crippen molar-refractivity contribution < 1.29 is 4.74 Å². The smallest absolute Gasteiger partial charge is 0.119 e. The molecule has 0 bridgehead atoms. The molecule has 1 unspecified atom stereocenters. The summed E-state index contributed by atoms with van der Waals surface area (Å²) in [5.41, 5.74) is 1.20. The van der Waals surface area contributed by atoms with Crippen LogP contribution in [-0.2, 0) is 0 Å². The molecule has 0 heterocycles. The summed E-state index contributed by atoms with van der Waals surface area (Å²) in [7, 11) is 0. The van der Waals surface area contributed by atoms with E-state index in [1.807, 2.05) is 19.1 Å². The van der Waals surface area contributed by atoms with Gasteiger partial charge >= 0.3 is 0 Å². The fraction of sp³-hybridized carbons (Fsp3) is 0.600. The number of benzene rings is 1. The van der Waals surface area contributed by atoms with Crippen molar-refractivity contribution in [2.75, 3.05) is 11.9 Å². The third kappa shape index (κ3) is 3.39. The number of hydrogen-bond donors (Lipinski definition) is 1. The van der Waals surface area contributed by atoms with Crippen molar-refractivity contribution in [3.63, 3.8) is 0 Å². The summed E-state index contributed by atoms with van der Waals surface area (Å²) < 4.78 is 5.44. The first-order valence-corrected chi connectivity index (χ1v) is 6.79. The summed E-state index contributed by atoms with van der Waals surface area (Å²) in [6.07, 6.45) is 5.57. The van der Waals surface area contributed by atoms with Gasteiger partial charge in [-0.05, 0) is 56.9 Å². The van der Waals surface area contributed by atoms with E-state index < -0.39 is 0 Å². The van der Waals surface area contributed by atoms with Crippen LogP contribution in [-0.4, -0.2) is 12.6 Å². The lowest BCUT2D eigenvalue weighted by molar-refractivity contribution is 0.340. The molecule has 1 aromatic carbocycles. The Morgan fingerprint density at radius 2 is 1.88 bits per heavy atom. The number of hydrogen-bond acceptors (Lipinski definition) is 2. The van der Waals surface area contributed by atoms with Gasteiger partial charge < -0.3 is 10.1 Å². The van der Waals surface area contributed by atoms with Crippen molar-refractivity contribution in [1.82, 2.24) is 0 Å². The minimum atomic E-state index is 0.579. The Morgan fingerprint density at radius 1 is 1.24 bits per heavy atom. The predicted molar refractivity (Wildman–Crippen MR) is 72.7 cm³/mol. The van der Waals surface area contributed by atoms with Gasteiger partial charge in [-0.2, -0.15) is 0 Å². The van der Waals surface area contributed by atoms with Crippen molar-refractivity contribution in [3.05, 3.63) is 24.3 Å². The van der Waals surface area contributed by atoms with E-state index >= 15 is 0 Å². The first-order valence-electron chi connectivity index (χ1n) is 6.79. The lowest BCUT2D eigenvalue weighted by Gasteiger charge is -2.21. The van der Waals surface area contributed by atoms with Crippen molar-refractivity contribution in [1.29, 1.82) is 0 Å². The van der Waals surface area contributed by atoms with Crippen LogP contribution in [0.1, 0.15) is 39.5 Å². The molecule has 1 saturated carbocycles. The zero-order valence-corrected chi connectivity index (χ0v) is 10.9. The van der Waals surface area contributed by atoms with Crippen LogP contribution < -0.4 is 10.1 Å². The van der Waals surface area contributed by atoms with E-state index in [1.54, 1.807) is 0 Å². The molecule has 2 heteroatoms. The second-order valence-electron chi connectivity index (χ2n) is 4.93. The van der Waals surface area contributed by atoms with E-state index in [4.69, 9.17) is 4.74 Å². The van der Waals surface area contributed by atoms with Crippen molar-refractivity contribution in [2.45, 2.75) is 45.6 Å². The molecular weight excluding hydrogens is 210 g/mol. The van der Waals surface area contributed by atoms with Crippen molar-refractivity contribution >= 4 is 5.69 Å². The fourth-order valence-corrected chi connectivity index (χ4v) is 2.65. The molecule has 0 saturated heterocycles. The molecular formula is C15H23NO. The van der Waals surface area contributed by atoms with Crippen LogP contribution in [0.15, 0.2) is 24.3 Å². The molecule has 0 amide bonds. The number of anilines is 1. The topological polar surface area (TPSA) is 21.3 Å². The maximum absolute atomic E-state index is 5.44. The predicted octanol–water partition coefficient (Wildman–Crippen LogP) is 4.08. The van der Waals surface area contributed by atoms with Gasteiger partial charge in [0.05, 0.1) is 6.61 Å². The molecule has 17 heavy (non-hydrogen) atoms. The molecule has 1 aliphatic rings. The maximum Gasteiger partial charge on any atom is 0.119 e. The van der Waals surface area contributed by atoms with E-state index in [-0.39, 0.29) is 0 Å². The van der Waals surface area contributed by atoms with Gasteiger partial charge in [0.15, 0.2) is 0 Å². The van der Waals surface area contributed by atoms with E-state index in [0.717, 1.165) is 18.3 Å². The number of rotatable bonds is 5. The van der Waals surface area contributed by atoms with Crippen LogP contribution in [0, 0.1) is 5.92 Å². The molecule has 1 aromatic rings. The highest BCUT2D eigenvalue weighted by Crippen LogP contribution is 2.29. The van der Waals surface area contributed by atoms with Gasteiger partial charge in [-0.3, -0.25) is 0 Å². The van der Waals surface area contributed by atoms with Crippen LogP contribution >= 0.6 is 0 Å². The second-order valence-corrected chi connectivity index (χ2v) is 4.93. The number of ether oxygens (including phenoxy) is 1. The summed E-state index contributed by atoms with van der Waals surface area (Å²) in [6.45, 7) is 5.03. The Bertz CT molecular complexity index is 327. The third-order valence-electron chi connectivity index (χ3n) is 3.67. The Kier molecular flexibility index (Phi) is 4.29. The van der Waals surface area contributed by atoms with Crippen LogP contribution in [0.25, 0.3) is 0 Å². The summed E-state index contributed by atoms with van der Waals surface area (Å²) in [5, 5.41) is 3.60. The summed E-state index contributed by atoms with van der Waals surface area (Å²) in [5.74, 6) is 1.80. The minimum absolute atomic E-state index is 0.579. The van der Waals surface area contributed by atoms with Gasteiger partial charge in [-0.1, -0.05) is 12.8 Å². The Labute approximate surface area is 104 Å². The molecule has 0 aliphatic heterocycles. The second kappa shape index (κ2) is 5.95. The molecule has 1 aliphatic carbocycles. The average molecular weight is 233 g/mol. The molecule has 0 radical (unpaired) electrons. The van der Waals surface area contributed by atoms with E-state index in [2.05, 4.69) is 24.4 Å². The first-order chi connectivity index (χ1) is 8.29. The standard InChI is InChI=1S/C15H23NO/c1-3-17-15-10-8-14(9-11-15)16-12(2)13-6-4-5-7-13/h8-13,16H,3-7H2,1-2H3. The quantitative estimate of drug-likeness (QED) is 0.827. The van der Waals surface area contributed by atoms with Crippen molar-refractivity contribution in [2.24, 2.45) is 5.92 Å². The molecule has 0 aromatic heterocycles. The third-order valence-corrected chi connectivity index (χ3v) is 3.67.